The molecule has 0 spiro atoms. The fraction of sp³-hybridized carbons (Fsp3) is 0.0714. The van der Waals surface area contributed by atoms with Crippen LogP contribution in [0.15, 0.2) is 36.5 Å². The third-order valence-electron chi connectivity index (χ3n) is 3.09. The first-order valence-corrected chi connectivity index (χ1v) is 6.74. The van der Waals surface area contributed by atoms with E-state index in [0.29, 0.717) is 32.8 Å². The van der Waals surface area contributed by atoms with Crippen LogP contribution in [0.25, 0.3) is 16.9 Å². The molecule has 0 fully saturated rings. The number of aromatic nitrogens is 2. The normalized spacial score (nSPS) is 11.5. The minimum absolute atomic E-state index is 0.0897. The Labute approximate surface area is 128 Å². The van der Waals surface area contributed by atoms with Gasteiger partial charge in [0, 0.05) is 17.3 Å². The van der Waals surface area contributed by atoms with Crippen molar-refractivity contribution in [3.8, 4) is 11.3 Å². The Morgan fingerprint density at radius 1 is 1.19 bits per heavy atom. The number of hydrogen-bond donors (Lipinski definition) is 1. The Balaban J connectivity index is 2.24. The Bertz CT molecular complexity index is 830. The zero-order valence-corrected chi connectivity index (χ0v) is 12.0. The predicted molar refractivity (Wildman–Crippen MR) is 80.0 cm³/mol. The molecule has 0 bridgehead atoms. The number of pyridine rings is 1. The third-order valence-corrected chi connectivity index (χ3v) is 3.58. The number of alkyl halides is 2. The number of rotatable bonds is 2. The molecule has 7 heteroatoms. The van der Waals surface area contributed by atoms with Crippen molar-refractivity contribution in [1.82, 2.24) is 9.38 Å². The van der Waals surface area contributed by atoms with Gasteiger partial charge in [-0.3, -0.25) is 4.40 Å². The molecule has 1 aromatic carbocycles. The second-order valence-electron chi connectivity index (χ2n) is 4.47. The highest BCUT2D eigenvalue weighted by Crippen LogP contribution is 2.32. The summed E-state index contributed by atoms with van der Waals surface area (Å²) in [5.41, 5.74) is 7.26. The average Bonchev–Trinajstić information content (AvgIpc) is 2.77. The van der Waals surface area contributed by atoms with Crippen LogP contribution in [0.3, 0.4) is 0 Å². The van der Waals surface area contributed by atoms with Crippen LogP contribution in [0.2, 0.25) is 10.0 Å². The van der Waals surface area contributed by atoms with Crippen molar-refractivity contribution in [2.75, 3.05) is 5.73 Å². The van der Waals surface area contributed by atoms with E-state index in [2.05, 4.69) is 4.98 Å². The van der Waals surface area contributed by atoms with Gasteiger partial charge in [0.15, 0.2) is 5.65 Å². The maximum atomic E-state index is 12.8. The van der Waals surface area contributed by atoms with Gasteiger partial charge in [0.1, 0.15) is 11.5 Å². The van der Waals surface area contributed by atoms with Crippen molar-refractivity contribution < 1.29 is 8.78 Å². The topological polar surface area (TPSA) is 43.3 Å². The van der Waals surface area contributed by atoms with Gasteiger partial charge in [-0.25, -0.2) is 13.8 Å². The first-order valence-electron chi connectivity index (χ1n) is 5.98. The minimum atomic E-state index is -2.55. The molecule has 3 rings (SSSR count). The zero-order chi connectivity index (χ0) is 15.1. The summed E-state index contributed by atoms with van der Waals surface area (Å²) in [6.07, 6.45) is -0.979. The molecule has 0 saturated heterocycles. The summed E-state index contributed by atoms with van der Waals surface area (Å²) < 4.78 is 27.1. The molecule has 0 amide bonds. The third kappa shape index (κ3) is 2.43. The van der Waals surface area contributed by atoms with Gasteiger partial charge in [-0.1, -0.05) is 41.4 Å². The van der Waals surface area contributed by atoms with E-state index >= 15 is 0 Å². The zero-order valence-electron chi connectivity index (χ0n) is 10.5. The summed E-state index contributed by atoms with van der Waals surface area (Å²) in [4.78, 5) is 4.33. The van der Waals surface area contributed by atoms with Crippen LogP contribution in [-0.2, 0) is 0 Å². The van der Waals surface area contributed by atoms with Gasteiger partial charge in [-0.15, -0.1) is 0 Å². The maximum Gasteiger partial charge on any atom is 0.263 e. The van der Waals surface area contributed by atoms with Crippen molar-refractivity contribution in [1.29, 1.82) is 0 Å². The molecule has 0 aliphatic rings. The van der Waals surface area contributed by atoms with Crippen LogP contribution in [0, 0.1) is 0 Å². The summed E-state index contributed by atoms with van der Waals surface area (Å²) >= 11 is 12.0. The van der Waals surface area contributed by atoms with E-state index in [4.69, 9.17) is 28.9 Å². The summed E-state index contributed by atoms with van der Waals surface area (Å²) in [7, 11) is 0. The van der Waals surface area contributed by atoms with Crippen LogP contribution in [-0.4, -0.2) is 9.38 Å². The van der Waals surface area contributed by atoms with Gasteiger partial charge in [0.2, 0.25) is 0 Å². The standard InChI is InChI=1S/C14H9Cl2F2N3/c15-9-5-10(16)14-20-11(13(19)21(14)6-9)7-2-1-3-8(4-7)12(17)18/h1-6,12H,19H2. The number of halogens is 4. The predicted octanol–water partition coefficient (Wildman–Crippen LogP) is 4.83. The molecule has 0 unspecified atom stereocenters. The van der Waals surface area contributed by atoms with Crippen LogP contribution in [0.5, 0.6) is 0 Å². The summed E-state index contributed by atoms with van der Waals surface area (Å²) in [5, 5.41) is 0.745. The number of hydrogen-bond acceptors (Lipinski definition) is 2. The highest BCUT2D eigenvalue weighted by atomic mass is 35.5. The van der Waals surface area contributed by atoms with Gasteiger partial charge in [-0.2, -0.15) is 0 Å². The lowest BCUT2D eigenvalue weighted by Gasteiger charge is -2.03. The lowest BCUT2D eigenvalue weighted by Crippen LogP contribution is -1.94. The van der Waals surface area contributed by atoms with E-state index in [1.54, 1.807) is 18.3 Å². The number of benzene rings is 1. The SMILES string of the molecule is Nc1c(-c2cccc(C(F)F)c2)nc2c(Cl)cc(Cl)cn12. The molecular weight excluding hydrogens is 319 g/mol. The number of nitrogens with two attached hydrogens (primary N) is 1. The minimum Gasteiger partial charge on any atom is -0.383 e. The molecule has 0 atom stereocenters. The van der Waals surface area contributed by atoms with Gasteiger partial charge in [0.25, 0.3) is 6.43 Å². The fourth-order valence-corrected chi connectivity index (χ4v) is 2.64. The molecule has 0 saturated carbocycles. The number of imidazole rings is 1. The van der Waals surface area contributed by atoms with Crippen LogP contribution >= 0.6 is 23.2 Å². The molecule has 21 heavy (non-hydrogen) atoms. The molecule has 2 aromatic heterocycles. The van der Waals surface area contributed by atoms with Gasteiger partial charge < -0.3 is 5.73 Å². The molecule has 2 N–H and O–H groups in total. The molecule has 0 radical (unpaired) electrons. The van der Waals surface area contributed by atoms with Crippen LogP contribution in [0.1, 0.15) is 12.0 Å². The van der Waals surface area contributed by atoms with Crippen molar-refractivity contribution in [2.24, 2.45) is 0 Å². The maximum absolute atomic E-state index is 12.8. The van der Waals surface area contributed by atoms with Gasteiger partial charge in [-0.05, 0) is 12.1 Å². The molecule has 0 aliphatic heterocycles. The van der Waals surface area contributed by atoms with E-state index in [-0.39, 0.29) is 5.56 Å². The number of fused-ring (bicyclic) bond motifs is 1. The molecule has 2 heterocycles. The Kier molecular flexibility index (Phi) is 3.47. The monoisotopic (exact) mass is 327 g/mol. The van der Waals surface area contributed by atoms with Crippen molar-refractivity contribution in [3.63, 3.8) is 0 Å². The fourth-order valence-electron chi connectivity index (χ4n) is 2.12. The number of anilines is 1. The molecule has 3 aromatic rings. The van der Waals surface area contributed by atoms with E-state index in [9.17, 15) is 8.78 Å². The van der Waals surface area contributed by atoms with Crippen LogP contribution in [0.4, 0.5) is 14.6 Å². The molecule has 108 valence electrons. The van der Waals surface area contributed by atoms with Crippen molar-refractivity contribution >= 4 is 34.7 Å². The lowest BCUT2D eigenvalue weighted by atomic mass is 10.1. The Morgan fingerprint density at radius 2 is 1.95 bits per heavy atom. The number of nitrogens with zero attached hydrogens (tertiary/aromatic N) is 2. The number of nitrogen functional groups attached to an aromatic ring is 1. The van der Waals surface area contributed by atoms with E-state index < -0.39 is 6.43 Å². The van der Waals surface area contributed by atoms with Gasteiger partial charge in [0.05, 0.1) is 10.0 Å². The molecule has 3 nitrogen and oxygen atoms in total. The van der Waals surface area contributed by atoms with Crippen molar-refractivity contribution in [2.45, 2.75) is 6.43 Å². The van der Waals surface area contributed by atoms with E-state index in [0.717, 1.165) is 0 Å². The molecule has 0 aliphatic carbocycles. The Hall–Kier alpha value is -1.85. The quantitative estimate of drug-likeness (QED) is 0.732. The van der Waals surface area contributed by atoms with Crippen LogP contribution < -0.4 is 5.73 Å². The first kappa shape index (κ1) is 14.1. The van der Waals surface area contributed by atoms with E-state index in [1.165, 1.54) is 22.6 Å². The van der Waals surface area contributed by atoms with Crippen molar-refractivity contribution in [3.05, 3.63) is 52.1 Å². The Morgan fingerprint density at radius 3 is 2.67 bits per heavy atom. The highest BCUT2D eigenvalue weighted by molar-refractivity contribution is 6.36. The summed E-state index contributed by atoms with van der Waals surface area (Å²) in [6.45, 7) is 0. The second kappa shape index (κ2) is 5.16. The second-order valence-corrected chi connectivity index (χ2v) is 5.32. The smallest absolute Gasteiger partial charge is 0.263 e. The molecular formula is C14H9Cl2F2N3. The average molecular weight is 328 g/mol. The van der Waals surface area contributed by atoms with Gasteiger partial charge >= 0.3 is 0 Å². The highest BCUT2D eigenvalue weighted by Gasteiger charge is 2.16. The lowest BCUT2D eigenvalue weighted by molar-refractivity contribution is 0.151. The largest absolute Gasteiger partial charge is 0.383 e. The first-order chi connectivity index (χ1) is 9.97. The summed E-state index contributed by atoms with van der Waals surface area (Å²) in [6, 6.07) is 7.46. The summed E-state index contributed by atoms with van der Waals surface area (Å²) in [5.74, 6) is 0.292. The van der Waals surface area contributed by atoms with E-state index in [1.807, 2.05) is 0 Å².